The first kappa shape index (κ1) is 19.6. The second-order valence-electron chi connectivity index (χ2n) is 5.10. The van der Waals surface area contributed by atoms with E-state index in [1.807, 2.05) is 0 Å². The van der Waals surface area contributed by atoms with E-state index in [0.29, 0.717) is 13.2 Å². The molecule has 21 heavy (non-hydrogen) atoms. The lowest BCUT2D eigenvalue weighted by Crippen LogP contribution is -2.41. The average molecular weight is 298 g/mol. The molecular formula is C16H26O5. The first-order chi connectivity index (χ1) is 9.99. The predicted octanol–water partition coefficient (Wildman–Crippen LogP) is 1.88. The molecule has 0 radical (unpaired) electrons. The third-order valence-corrected chi connectivity index (χ3v) is 2.55. The molecular weight excluding hydrogens is 272 g/mol. The maximum absolute atomic E-state index is 11.6. The van der Waals surface area contributed by atoms with E-state index in [-0.39, 0.29) is 26.4 Å². The van der Waals surface area contributed by atoms with Crippen molar-refractivity contribution in [1.82, 2.24) is 0 Å². The van der Waals surface area contributed by atoms with Crippen molar-refractivity contribution in [3.63, 3.8) is 0 Å². The highest BCUT2D eigenvalue weighted by molar-refractivity contribution is 5.82. The van der Waals surface area contributed by atoms with Crippen LogP contribution in [0.3, 0.4) is 0 Å². The number of hydrogen-bond acceptors (Lipinski definition) is 5. The van der Waals surface area contributed by atoms with Gasteiger partial charge in [0.25, 0.3) is 0 Å². The van der Waals surface area contributed by atoms with Crippen molar-refractivity contribution in [3.8, 4) is 0 Å². The van der Waals surface area contributed by atoms with Crippen molar-refractivity contribution in [1.29, 1.82) is 0 Å². The number of rotatable bonds is 12. The number of carbonyl (C=O) groups is 1. The second kappa shape index (κ2) is 11.3. The van der Waals surface area contributed by atoms with Crippen LogP contribution in [0.15, 0.2) is 37.0 Å². The van der Waals surface area contributed by atoms with Gasteiger partial charge in [0.15, 0.2) is 0 Å². The number of aliphatic hydroxyl groups is 1. The Labute approximate surface area is 126 Å². The van der Waals surface area contributed by atoms with E-state index in [1.54, 1.807) is 26.0 Å². The van der Waals surface area contributed by atoms with Crippen LogP contribution in [-0.4, -0.2) is 50.7 Å². The molecule has 0 aliphatic carbocycles. The SMILES string of the molecule is C=CCOCC(CO)(COCC=C)COC(=O)C=C(C)C. The Hall–Kier alpha value is -1.43. The van der Waals surface area contributed by atoms with Gasteiger partial charge in [0, 0.05) is 6.08 Å². The average Bonchev–Trinajstić information content (AvgIpc) is 2.44. The normalized spacial score (nSPS) is 10.8. The second-order valence-corrected chi connectivity index (χ2v) is 5.10. The van der Waals surface area contributed by atoms with Gasteiger partial charge in [-0.1, -0.05) is 17.7 Å². The summed E-state index contributed by atoms with van der Waals surface area (Å²) in [6, 6.07) is 0. The summed E-state index contributed by atoms with van der Waals surface area (Å²) in [4.78, 5) is 11.6. The van der Waals surface area contributed by atoms with E-state index in [2.05, 4.69) is 13.2 Å². The van der Waals surface area contributed by atoms with Crippen LogP contribution in [-0.2, 0) is 19.0 Å². The number of carbonyl (C=O) groups excluding carboxylic acids is 1. The topological polar surface area (TPSA) is 65.0 Å². The summed E-state index contributed by atoms with van der Waals surface area (Å²) in [6.45, 7) is 11.6. The third kappa shape index (κ3) is 9.18. The first-order valence-corrected chi connectivity index (χ1v) is 6.79. The van der Waals surface area contributed by atoms with E-state index in [4.69, 9.17) is 14.2 Å². The Morgan fingerprint density at radius 1 is 1.10 bits per heavy atom. The van der Waals surface area contributed by atoms with Crippen molar-refractivity contribution in [2.24, 2.45) is 5.41 Å². The number of hydrogen-bond donors (Lipinski definition) is 1. The molecule has 0 aromatic heterocycles. The molecule has 0 aliphatic heterocycles. The van der Waals surface area contributed by atoms with E-state index >= 15 is 0 Å². The molecule has 0 saturated carbocycles. The summed E-state index contributed by atoms with van der Waals surface area (Å²) in [5.74, 6) is -0.444. The van der Waals surface area contributed by atoms with Gasteiger partial charge in [-0.3, -0.25) is 0 Å². The van der Waals surface area contributed by atoms with E-state index < -0.39 is 11.4 Å². The van der Waals surface area contributed by atoms with Crippen molar-refractivity contribution < 1.29 is 24.1 Å². The molecule has 0 amide bonds. The fraction of sp³-hybridized carbons (Fsp3) is 0.562. The molecule has 0 unspecified atom stereocenters. The predicted molar refractivity (Wildman–Crippen MR) is 81.9 cm³/mol. The third-order valence-electron chi connectivity index (χ3n) is 2.55. The maximum Gasteiger partial charge on any atom is 0.330 e. The van der Waals surface area contributed by atoms with Crippen molar-refractivity contribution in [2.75, 3.05) is 39.6 Å². The minimum atomic E-state index is -0.794. The van der Waals surface area contributed by atoms with Crippen LogP contribution in [0.1, 0.15) is 13.8 Å². The van der Waals surface area contributed by atoms with Crippen LogP contribution in [0.2, 0.25) is 0 Å². The molecule has 0 spiro atoms. The zero-order chi connectivity index (χ0) is 16.1. The molecule has 0 aliphatic rings. The molecule has 0 bridgehead atoms. The smallest absolute Gasteiger partial charge is 0.330 e. The van der Waals surface area contributed by atoms with E-state index in [1.165, 1.54) is 6.08 Å². The zero-order valence-electron chi connectivity index (χ0n) is 13.0. The van der Waals surface area contributed by atoms with Gasteiger partial charge in [0.05, 0.1) is 38.4 Å². The number of aliphatic hydroxyl groups excluding tert-OH is 1. The number of ether oxygens (including phenoxy) is 3. The number of esters is 1. The quantitative estimate of drug-likeness (QED) is 0.258. The summed E-state index contributed by atoms with van der Waals surface area (Å²) < 4.78 is 16.0. The molecule has 1 N–H and O–H groups in total. The van der Waals surface area contributed by atoms with E-state index in [0.717, 1.165) is 5.57 Å². The van der Waals surface area contributed by atoms with Crippen LogP contribution >= 0.6 is 0 Å². The molecule has 120 valence electrons. The van der Waals surface area contributed by atoms with Gasteiger partial charge in [0.2, 0.25) is 0 Å². The summed E-state index contributed by atoms with van der Waals surface area (Å²) in [5.41, 5.74) is 0.0531. The van der Waals surface area contributed by atoms with Gasteiger partial charge >= 0.3 is 5.97 Å². The van der Waals surface area contributed by atoms with E-state index in [9.17, 15) is 9.90 Å². The molecule has 0 aromatic carbocycles. The summed E-state index contributed by atoms with van der Waals surface area (Å²) in [5, 5.41) is 9.65. The monoisotopic (exact) mass is 298 g/mol. The van der Waals surface area contributed by atoms with Gasteiger partial charge in [-0.25, -0.2) is 4.79 Å². The molecule has 0 atom stereocenters. The summed E-state index contributed by atoms with van der Waals surface area (Å²) in [6.07, 6.45) is 4.63. The standard InChI is InChI=1S/C16H26O5/c1-5-7-19-11-16(10-17,12-20-8-6-2)13-21-15(18)9-14(3)4/h5-6,9,17H,1-2,7-8,10-13H2,3-4H3. The maximum atomic E-state index is 11.6. The number of allylic oxidation sites excluding steroid dienone is 1. The van der Waals surface area contributed by atoms with Crippen LogP contribution in [0.5, 0.6) is 0 Å². The minimum absolute atomic E-state index is 0.0143. The van der Waals surface area contributed by atoms with Crippen molar-refractivity contribution in [2.45, 2.75) is 13.8 Å². The summed E-state index contributed by atoms with van der Waals surface area (Å²) >= 11 is 0. The molecule has 0 fully saturated rings. The Morgan fingerprint density at radius 3 is 2.00 bits per heavy atom. The highest BCUT2D eigenvalue weighted by Crippen LogP contribution is 2.19. The Balaban J connectivity index is 4.65. The molecule has 5 nitrogen and oxygen atoms in total. The lowest BCUT2D eigenvalue weighted by Gasteiger charge is -2.30. The van der Waals surface area contributed by atoms with Gasteiger partial charge in [-0.2, -0.15) is 0 Å². The lowest BCUT2D eigenvalue weighted by atomic mass is 9.92. The lowest BCUT2D eigenvalue weighted by molar-refractivity contribution is -0.147. The van der Waals surface area contributed by atoms with Crippen molar-refractivity contribution >= 4 is 5.97 Å². The van der Waals surface area contributed by atoms with Gasteiger partial charge in [-0.15, -0.1) is 13.2 Å². The Bertz CT molecular complexity index is 342. The highest BCUT2D eigenvalue weighted by Gasteiger charge is 2.32. The fourth-order valence-corrected chi connectivity index (χ4v) is 1.48. The minimum Gasteiger partial charge on any atom is -0.462 e. The van der Waals surface area contributed by atoms with Gasteiger partial charge in [-0.05, 0) is 13.8 Å². The van der Waals surface area contributed by atoms with Crippen LogP contribution in [0, 0.1) is 5.41 Å². The molecule has 0 saturated heterocycles. The Morgan fingerprint density at radius 2 is 1.62 bits per heavy atom. The largest absolute Gasteiger partial charge is 0.462 e. The molecule has 5 heteroatoms. The van der Waals surface area contributed by atoms with Crippen molar-refractivity contribution in [3.05, 3.63) is 37.0 Å². The van der Waals surface area contributed by atoms with Crippen LogP contribution in [0.25, 0.3) is 0 Å². The van der Waals surface area contributed by atoms with Crippen LogP contribution < -0.4 is 0 Å². The van der Waals surface area contributed by atoms with Gasteiger partial charge < -0.3 is 19.3 Å². The molecule has 0 rings (SSSR count). The fourth-order valence-electron chi connectivity index (χ4n) is 1.48. The molecule has 0 heterocycles. The first-order valence-electron chi connectivity index (χ1n) is 6.79. The summed E-state index contributed by atoms with van der Waals surface area (Å²) in [7, 11) is 0. The molecule has 0 aromatic rings. The zero-order valence-corrected chi connectivity index (χ0v) is 13.0. The Kier molecular flexibility index (Phi) is 10.5. The highest BCUT2D eigenvalue weighted by atomic mass is 16.5. The van der Waals surface area contributed by atoms with Crippen LogP contribution in [0.4, 0.5) is 0 Å². The van der Waals surface area contributed by atoms with Gasteiger partial charge in [0.1, 0.15) is 6.61 Å².